The fourth-order valence-electron chi connectivity index (χ4n) is 4.31. The second kappa shape index (κ2) is 10.0. The van der Waals surface area contributed by atoms with Crippen molar-refractivity contribution >= 4 is 37.7 Å². The SMILES string of the molecule is COc1ccccc1C(C=NS(=O)(=O)C1CC1)c1cc2cccc(-c3cc([C@@](C)(O)C(F)(F)F)ccn3)c2s1. The van der Waals surface area contributed by atoms with Crippen LogP contribution in [0.5, 0.6) is 5.75 Å². The van der Waals surface area contributed by atoms with Crippen molar-refractivity contribution in [3.8, 4) is 17.0 Å². The zero-order valence-electron chi connectivity index (χ0n) is 21.0. The van der Waals surface area contributed by atoms with Gasteiger partial charge in [-0.25, -0.2) is 8.42 Å². The van der Waals surface area contributed by atoms with E-state index in [0.29, 0.717) is 31.1 Å². The smallest absolute Gasteiger partial charge is 0.421 e. The minimum absolute atomic E-state index is 0.273. The molecule has 0 amide bonds. The minimum atomic E-state index is -4.87. The van der Waals surface area contributed by atoms with E-state index in [1.165, 1.54) is 36.9 Å². The molecule has 6 nitrogen and oxygen atoms in total. The van der Waals surface area contributed by atoms with E-state index >= 15 is 0 Å². The average Bonchev–Trinajstić information content (AvgIpc) is 3.68. The lowest BCUT2D eigenvalue weighted by Gasteiger charge is -2.26. The minimum Gasteiger partial charge on any atom is -0.496 e. The lowest BCUT2D eigenvalue weighted by Crippen LogP contribution is -2.39. The van der Waals surface area contributed by atoms with Gasteiger partial charge in [0.15, 0.2) is 5.60 Å². The molecule has 1 fully saturated rings. The molecule has 4 aromatic rings. The summed E-state index contributed by atoms with van der Waals surface area (Å²) in [6.45, 7) is 0.711. The van der Waals surface area contributed by atoms with Crippen molar-refractivity contribution < 1.29 is 31.4 Å². The van der Waals surface area contributed by atoms with Crippen LogP contribution in [0.1, 0.15) is 41.7 Å². The Morgan fingerprint density at radius 2 is 1.87 bits per heavy atom. The van der Waals surface area contributed by atoms with Crippen molar-refractivity contribution in [2.24, 2.45) is 4.40 Å². The number of fused-ring (bicyclic) bond motifs is 1. The molecule has 2 aromatic heterocycles. The highest BCUT2D eigenvalue weighted by Gasteiger charge is 2.51. The van der Waals surface area contributed by atoms with Crippen molar-refractivity contribution in [2.45, 2.75) is 42.7 Å². The molecule has 5 rings (SSSR count). The number of benzene rings is 2. The van der Waals surface area contributed by atoms with E-state index in [9.17, 15) is 26.7 Å². The number of methoxy groups -OCH3 is 1. The number of para-hydroxylation sites is 1. The molecule has 0 spiro atoms. The van der Waals surface area contributed by atoms with E-state index in [2.05, 4.69) is 9.38 Å². The predicted octanol–water partition coefficient (Wildman–Crippen LogP) is 6.44. The van der Waals surface area contributed by atoms with Crippen LogP contribution in [0.25, 0.3) is 21.3 Å². The molecule has 39 heavy (non-hydrogen) atoms. The Morgan fingerprint density at radius 3 is 2.56 bits per heavy atom. The molecule has 2 atom stereocenters. The van der Waals surface area contributed by atoms with Crippen LogP contribution in [-0.2, 0) is 15.6 Å². The van der Waals surface area contributed by atoms with Gasteiger partial charge in [-0.15, -0.1) is 11.3 Å². The molecule has 0 radical (unpaired) electrons. The number of halogens is 3. The number of alkyl halides is 3. The van der Waals surface area contributed by atoms with E-state index in [0.717, 1.165) is 26.6 Å². The van der Waals surface area contributed by atoms with Crippen LogP contribution in [0.15, 0.2) is 71.3 Å². The van der Waals surface area contributed by atoms with Gasteiger partial charge in [-0.1, -0.05) is 36.4 Å². The molecule has 2 aromatic carbocycles. The molecular weight excluding hydrogens is 549 g/mol. The number of rotatable bonds is 8. The quantitative estimate of drug-likeness (QED) is 0.245. The normalized spacial score (nSPS) is 16.9. The largest absolute Gasteiger partial charge is 0.496 e. The van der Waals surface area contributed by atoms with Crippen LogP contribution in [0.4, 0.5) is 13.2 Å². The summed E-state index contributed by atoms with van der Waals surface area (Å²) >= 11 is 1.37. The number of ether oxygens (including phenoxy) is 1. The number of hydrogen-bond donors (Lipinski definition) is 1. The second-order valence-electron chi connectivity index (χ2n) is 9.56. The Kier molecular flexibility index (Phi) is 7.02. The van der Waals surface area contributed by atoms with Gasteiger partial charge in [-0.2, -0.15) is 17.6 Å². The Balaban J connectivity index is 1.63. The summed E-state index contributed by atoms with van der Waals surface area (Å²) in [5.74, 6) is 0.0179. The van der Waals surface area contributed by atoms with Crippen LogP contribution in [0.2, 0.25) is 0 Å². The third-order valence-electron chi connectivity index (χ3n) is 6.80. The highest BCUT2D eigenvalue weighted by atomic mass is 32.2. The Morgan fingerprint density at radius 1 is 1.13 bits per heavy atom. The first-order chi connectivity index (χ1) is 18.4. The van der Waals surface area contributed by atoms with Crippen LogP contribution >= 0.6 is 11.3 Å². The van der Waals surface area contributed by atoms with Crippen molar-refractivity contribution in [1.29, 1.82) is 0 Å². The Labute approximate surface area is 227 Å². The summed E-state index contributed by atoms with van der Waals surface area (Å²) in [4.78, 5) is 5.07. The van der Waals surface area contributed by atoms with Gasteiger partial charge in [-0.05, 0) is 55.0 Å². The molecule has 0 aliphatic heterocycles. The van der Waals surface area contributed by atoms with Crippen molar-refractivity contribution in [2.75, 3.05) is 7.11 Å². The average molecular weight is 575 g/mol. The maximum absolute atomic E-state index is 13.5. The third-order valence-corrected chi connectivity index (χ3v) is 9.79. The van der Waals surface area contributed by atoms with Crippen LogP contribution in [0, 0.1) is 0 Å². The number of hydrogen-bond acceptors (Lipinski definition) is 6. The Bertz CT molecular complexity index is 1660. The molecule has 1 unspecified atom stereocenters. The molecule has 11 heteroatoms. The summed E-state index contributed by atoms with van der Waals surface area (Å²) in [5, 5.41) is 10.6. The van der Waals surface area contributed by atoms with Crippen molar-refractivity contribution in [3.05, 3.63) is 82.9 Å². The maximum atomic E-state index is 13.5. The highest BCUT2D eigenvalue weighted by molar-refractivity contribution is 7.91. The molecule has 204 valence electrons. The van der Waals surface area contributed by atoms with Gasteiger partial charge in [0, 0.05) is 33.1 Å². The second-order valence-corrected chi connectivity index (χ2v) is 12.6. The van der Waals surface area contributed by atoms with Gasteiger partial charge < -0.3 is 9.84 Å². The first-order valence-corrected chi connectivity index (χ1v) is 14.4. The van der Waals surface area contributed by atoms with Crippen molar-refractivity contribution in [3.63, 3.8) is 0 Å². The zero-order valence-corrected chi connectivity index (χ0v) is 22.6. The van der Waals surface area contributed by atoms with Gasteiger partial charge >= 0.3 is 6.18 Å². The van der Waals surface area contributed by atoms with Gasteiger partial charge in [0.2, 0.25) is 0 Å². The molecule has 1 N–H and O–H groups in total. The van der Waals surface area contributed by atoms with Gasteiger partial charge in [0.1, 0.15) is 5.75 Å². The molecule has 0 saturated heterocycles. The lowest BCUT2D eigenvalue weighted by molar-refractivity contribution is -0.258. The lowest BCUT2D eigenvalue weighted by atomic mass is 9.94. The van der Waals surface area contributed by atoms with E-state index in [-0.39, 0.29) is 11.3 Å². The molecular formula is C28H25F3N2O4S2. The summed E-state index contributed by atoms with van der Waals surface area (Å²) in [7, 11) is -2.09. The standard InChI is InChI=1S/C28H25F3N2O4S2/c1-27(34,28(29,30)31)18-12-13-32-23(15-18)21-8-5-6-17-14-25(38-26(17)21)22(16-33-39(35,36)19-10-11-19)20-7-3-4-9-24(20)37-2/h3-9,12-16,19,22,34H,10-11H2,1-2H3/t22?,27-/m1/s1. The fraction of sp³-hybridized carbons (Fsp3) is 0.286. The monoisotopic (exact) mass is 574 g/mol. The molecule has 1 aliphatic rings. The van der Waals surface area contributed by atoms with Crippen LogP contribution in [-0.4, -0.2) is 43.3 Å². The van der Waals surface area contributed by atoms with Crippen molar-refractivity contribution in [1.82, 2.24) is 4.98 Å². The fourth-order valence-corrected chi connectivity index (χ4v) is 6.77. The van der Waals surface area contributed by atoms with Gasteiger partial charge in [0.25, 0.3) is 10.0 Å². The zero-order chi connectivity index (χ0) is 28.0. The summed E-state index contributed by atoms with van der Waals surface area (Å²) < 4.78 is 76.0. The number of pyridine rings is 1. The third kappa shape index (κ3) is 5.30. The number of aliphatic hydroxyl groups is 1. The predicted molar refractivity (Wildman–Crippen MR) is 146 cm³/mol. The molecule has 0 bridgehead atoms. The van der Waals surface area contributed by atoms with E-state index in [1.807, 2.05) is 30.3 Å². The van der Waals surface area contributed by atoms with E-state index in [1.54, 1.807) is 18.2 Å². The summed E-state index contributed by atoms with van der Waals surface area (Å²) in [5.41, 5.74) is -1.78. The van der Waals surface area contributed by atoms with Crippen LogP contribution < -0.4 is 4.74 Å². The number of aromatic nitrogens is 1. The molecule has 1 saturated carbocycles. The van der Waals surface area contributed by atoms with Gasteiger partial charge in [-0.3, -0.25) is 4.98 Å². The summed E-state index contributed by atoms with van der Waals surface area (Å²) in [6, 6.07) is 17.0. The van der Waals surface area contributed by atoms with Gasteiger partial charge in [0.05, 0.1) is 24.0 Å². The number of sulfonamides is 1. The van der Waals surface area contributed by atoms with E-state index in [4.69, 9.17) is 4.74 Å². The first kappa shape index (κ1) is 27.3. The molecule has 2 heterocycles. The maximum Gasteiger partial charge on any atom is 0.421 e. The summed E-state index contributed by atoms with van der Waals surface area (Å²) in [6.07, 6.45) is -1.01. The first-order valence-electron chi connectivity index (χ1n) is 12.1. The number of thiophene rings is 1. The number of nitrogens with zero attached hydrogens (tertiary/aromatic N) is 2. The highest BCUT2D eigenvalue weighted by Crippen LogP contribution is 2.43. The Hall–Kier alpha value is -3.28. The van der Waals surface area contributed by atoms with Crippen LogP contribution in [0.3, 0.4) is 0 Å². The molecule has 1 aliphatic carbocycles. The topological polar surface area (TPSA) is 88.8 Å². The van der Waals surface area contributed by atoms with E-state index < -0.39 is 33.0 Å².